The second-order valence-corrected chi connectivity index (χ2v) is 5.41. The summed E-state index contributed by atoms with van der Waals surface area (Å²) in [6, 6.07) is 5.43. The Bertz CT molecular complexity index is 356. The third kappa shape index (κ3) is 3.65. The summed E-state index contributed by atoms with van der Waals surface area (Å²) in [6.45, 7) is 8.95. The van der Waals surface area contributed by atoms with E-state index < -0.39 is 0 Å². The second kappa shape index (κ2) is 5.95. The Labute approximate surface area is 105 Å². The molecule has 0 radical (unpaired) electrons. The summed E-state index contributed by atoms with van der Waals surface area (Å²) in [5, 5.41) is 9.49. The van der Waals surface area contributed by atoms with Crippen molar-refractivity contribution in [2.75, 3.05) is 7.11 Å². The van der Waals surface area contributed by atoms with E-state index in [1.807, 2.05) is 6.07 Å². The first kappa shape index (κ1) is 13.9. The third-order valence-corrected chi connectivity index (χ3v) is 3.15. The maximum Gasteiger partial charge on any atom is 0.126 e. The molecule has 1 aromatic carbocycles. The van der Waals surface area contributed by atoms with Gasteiger partial charge in [-0.1, -0.05) is 33.8 Å². The molecule has 0 saturated heterocycles. The fourth-order valence-corrected chi connectivity index (χ4v) is 2.27. The van der Waals surface area contributed by atoms with Crippen molar-refractivity contribution in [1.29, 1.82) is 0 Å². The van der Waals surface area contributed by atoms with Crippen LogP contribution in [0.15, 0.2) is 18.2 Å². The maximum atomic E-state index is 9.49. The van der Waals surface area contributed by atoms with Gasteiger partial charge in [0, 0.05) is 6.07 Å². The van der Waals surface area contributed by atoms with Gasteiger partial charge in [-0.15, -0.1) is 0 Å². The minimum atomic E-state index is 0.262. The molecule has 0 aromatic heterocycles. The number of phenols is 1. The molecule has 0 aliphatic carbocycles. The van der Waals surface area contributed by atoms with Gasteiger partial charge in [0.15, 0.2) is 0 Å². The van der Waals surface area contributed by atoms with E-state index in [0.29, 0.717) is 17.8 Å². The SMILES string of the molecule is COc1cc(O)ccc1C(CC(C)C)C(C)C. The molecule has 0 spiro atoms. The van der Waals surface area contributed by atoms with Crippen molar-refractivity contribution >= 4 is 0 Å². The monoisotopic (exact) mass is 236 g/mol. The van der Waals surface area contributed by atoms with E-state index in [0.717, 1.165) is 12.2 Å². The van der Waals surface area contributed by atoms with Crippen LogP contribution in [0.5, 0.6) is 11.5 Å². The van der Waals surface area contributed by atoms with Gasteiger partial charge in [-0.05, 0) is 35.8 Å². The van der Waals surface area contributed by atoms with Gasteiger partial charge in [-0.2, -0.15) is 0 Å². The van der Waals surface area contributed by atoms with Crippen molar-refractivity contribution in [1.82, 2.24) is 0 Å². The van der Waals surface area contributed by atoms with E-state index in [2.05, 4.69) is 27.7 Å². The van der Waals surface area contributed by atoms with E-state index in [-0.39, 0.29) is 5.75 Å². The molecule has 1 unspecified atom stereocenters. The number of hydrogen-bond acceptors (Lipinski definition) is 2. The molecule has 17 heavy (non-hydrogen) atoms. The Kier molecular flexibility index (Phi) is 4.86. The summed E-state index contributed by atoms with van der Waals surface area (Å²) >= 11 is 0. The van der Waals surface area contributed by atoms with Crippen molar-refractivity contribution < 1.29 is 9.84 Å². The van der Waals surface area contributed by atoms with Crippen LogP contribution >= 0.6 is 0 Å². The Hall–Kier alpha value is -1.18. The molecule has 0 saturated carbocycles. The fraction of sp³-hybridized carbons (Fsp3) is 0.600. The second-order valence-electron chi connectivity index (χ2n) is 5.41. The Balaban J connectivity index is 3.08. The topological polar surface area (TPSA) is 29.5 Å². The van der Waals surface area contributed by atoms with E-state index >= 15 is 0 Å². The lowest BCUT2D eigenvalue weighted by molar-refractivity contribution is 0.367. The van der Waals surface area contributed by atoms with Crippen LogP contribution in [0.1, 0.15) is 45.6 Å². The molecule has 2 heteroatoms. The zero-order valence-corrected chi connectivity index (χ0v) is 11.5. The maximum absolute atomic E-state index is 9.49. The predicted molar refractivity (Wildman–Crippen MR) is 71.7 cm³/mol. The first-order valence-corrected chi connectivity index (χ1v) is 6.32. The van der Waals surface area contributed by atoms with Gasteiger partial charge in [-0.3, -0.25) is 0 Å². The molecular formula is C15H24O2. The fourth-order valence-electron chi connectivity index (χ4n) is 2.27. The van der Waals surface area contributed by atoms with Crippen molar-refractivity contribution in [3.63, 3.8) is 0 Å². The van der Waals surface area contributed by atoms with Gasteiger partial charge in [0.2, 0.25) is 0 Å². The molecule has 0 heterocycles. The van der Waals surface area contributed by atoms with Crippen LogP contribution in [-0.2, 0) is 0 Å². The van der Waals surface area contributed by atoms with Crippen LogP contribution < -0.4 is 4.74 Å². The molecule has 0 aliphatic rings. The number of phenolic OH excluding ortho intramolecular Hbond substituents is 1. The van der Waals surface area contributed by atoms with Crippen LogP contribution in [0.25, 0.3) is 0 Å². The third-order valence-electron chi connectivity index (χ3n) is 3.15. The highest BCUT2D eigenvalue weighted by molar-refractivity contribution is 5.42. The quantitative estimate of drug-likeness (QED) is 0.830. The zero-order chi connectivity index (χ0) is 13.0. The number of methoxy groups -OCH3 is 1. The Morgan fingerprint density at radius 3 is 2.29 bits per heavy atom. The van der Waals surface area contributed by atoms with Gasteiger partial charge in [0.1, 0.15) is 11.5 Å². The molecule has 2 nitrogen and oxygen atoms in total. The van der Waals surface area contributed by atoms with Gasteiger partial charge in [0.25, 0.3) is 0 Å². The number of hydrogen-bond donors (Lipinski definition) is 1. The van der Waals surface area contributed by atoms with Crippen molar-refractivity contribution in [3.8, 4) is 11.5 Å². The standard InChI is InChI=1S/C15H24O2/c1-10(2)8-14(11(3)4)13-7-6-12(16)9-15(13)17-5/h6-7,9-11,14,16H,8H2,1-5H3. The molecule has 0 aliphatic heterocycles. The summed E-state index contributed by atoms with van der Waals surface area (Å²) < 4.78 is 5.38. The lowest BCUT2D eigenvalue weighted by atomic mass is 9.82. The number of ether oxygens (including phenoxy) is 1. The summed E-state index contributed by atoms with van der Waals surface area (Å²) in [5.74, 6) is 2.75. The van der Waals surface area contributed by atoms with E-state index in [1.54, 1.807) is 19.2 Å². The largest absolute Gasteiger partial charge is 0.508 e. The molecule has 1 atom stereocenters. The van der Waals surface area contributed by atoms with E-state index in [4.69, 9.17) is 4.74 Å². The van der Waals surface area contributed by atoms with Crippen LogP contribution in [0.2, 0.25) is 0 Å². The highest BCUT2D eigenvalue weighted by Gasteiger charge is 2.21. The lowest BCUT2D eigenvalue weighted by Gasteiger charge is -2.25. The van der Waals surface area contributed by atoms with E-state index in [1.165, 1.54) is 5.56 Å². The van der Waals surface area contributed by atoms with Gasteiger partial charge in [0.05, 0.1) is 7.11 Å². The highest BCUT2D eigenvalue weighted by atomic mass is 16.5. The molecular weight excluding hydrogens is 212 g/mol. The summed E-state index contributed by atoms with van der Waals surface area (Å²) in [7, 11) is 1.66. The normalized spacial score (nSPS) is 13.1. The smallest absolute Gasteiger partial charge is 0.126 e. The molecule has 1 N–H and O–H groups in total. The van der Waals surface area contributed by atoms with Crippen molar-refractivity contribution in [3.05, 3.63) is 23.8 Å². The summed E-state index contributed by atoms with van der Waals surface area (Å²) in [6.07, 6.45) is 1.14. The average molecular weight is 236 g/mol. The zero-order valence-electron chi connectivity index (χ0n) is 11.5. The molecule has 1 rings (SSSR count). The summed E-state index contributed by atoms with van der Waals surface area (Å²) in [4.78, 5) is 0. The molecule has 1 aromatic rings. The lowest BCUT2D eigenvalue weighted by Crippen LogP contribution is -2.11. The highest BCUT2D eigenvalue weighted by Crippen LogP contribution is 2.37. The van der Waals surface area contributed by atoms with Crippen LogP contribution in [0.4, 0.5) is 0 Å². The van der Waals surface area contributed by atoms with Crippen LogP contribution in [-0.4, -0.2) is 12.2 Å². The number of rotatable bonds is 5. The number of aromatic hydroxyl groups is 1. The van der Waals surface area contributed by atoms with E-state index in [9.17, 15) is 5.11 Å². The minimum Gasteiger partial charge on any atom is -0.508 e. The molecule has 0 amide bonds. The van der Waals surface area contributed by atoms with Gasteiger partial charge < -0.3 is 9.84 Å². The number of benzene rings is 1. The molecule has 96 valence electrons. The first-order chi connectivity index (χ1) is 7.95. The Morgan fingerprint density at radius 2 is 1.82 bits per heavy atom. The molecule has 0 fully saturated rings. The predicted octanol–water partition coefficient (Wildman–Crippen LogP) is 4.19. The van der Waals surface area contributed by atoms with Crippen LogP contribution in [0, 0.1) is 11.8 Å². The summed E-state index contributed by atoms with van der Waals surface area (Å²) in [5.41, 5.74) is 1.20. The van der Waals surface area contributed by atoms with Crippen LogP contribution in [0.3, 0.4) is 0 Å². The molecule has 0 bridgehead atoms. The van der Waals surface area contributed by atoms with Gasteiger partial charge in [-0.25, -0.2) is 0 Å². The Morgan fingerprint density at radius 1 is 1.18 bits per heavy atom. The van der Waals surface area contributed by atoms with Gasteiger partial charge >= 0.3 is 0 Å². The first-order valence-electron chi connectivity index (χ1n) is 6.32. The average Bonchev–Trinajstić information content (AvgIpc) is 2.25. The van der Waals surface area contributed by atoms with Crippen molar-refractivity contribution in [2.45, 2.75) is 40.0 Å². The van der Waals surface area contributed by atoms with Crippen molar-refractivity contribution in [2.24, 2.45) is 11.8 Å². The minimum absolute atomic E-state index is 0.262.